The van der Waals surface area contributed by atoms with Gasteiger partial charge in [-0.2, -0.15) is 59.9 Å². The molecule has 1 saturated carbocycles. The van der Waals surface area contributed by atoms with E-state index in [2.05, 4.69) is 30.9 Å². The van der Waals surface area contributed by atoms with Crippen molar-refractivity contribution in [3.63, 3.8) is 0 Å². The average Bonchev–Trinajstić information content (AvgIpc) is 3.52. The van der Waals surface area contributed by atoms with E-state index in [0.29, 0.717) is 23.1 Å². The lowest BCUT2D eigenvalue weighted by Crippen LogP contribution is -2.51. The summed E-state index contributed by atoms with van der Waals surface area (Å²) >= 11 is 6.35. The van der Waals surface area contributed by atoms with E-state index >= 15 is 0 Å². The minimum absolute atomic E-state index is 0.00993. The molecule has 0 bridgehead atoms. The van der Waals surface area contributed by atoms with Crippen LogP contribution in [0, 0.1) is 16.7 Å². The van der Waals surface area contributed by atoms with Gasteiger partial charge in [-0.25, -0.2) is 4.98 Å². The Morgan fingerprint density at radius 2 is 1.75 bits per heavy atom. The Kier molecular flexibility index (Phi) is 10.2. The number of carbonyl (C=O) groups excluding carboxylic acids is 2. The summed E-state index contributed by atoms with van der Waals surface area (Å²) in [6, 6.07) is 8.08. The minimum atomic E-state index is -4.96. The van der Waals surface area contributed by atoms with Gasteiger partial charge in [0.2, 0.25) is 5.91 Å². The summed E-state index contributed by atoms with van der Waals surface area (Å²) in [7, 11) is 0. The molecule has 3 N–H and O–H groups in total. The number of guanidine groups is 1. The van der Waals surface area contributed by atoms with Crippen LogP contribution in [0.3, 0.4) is 0 Å². The predicted octanol–water partition coefficient (Wildman–Crippen LogP) is 7.18. The Morgan fingerprint density at radius 1 is 1.07 bits per heavy atom. The third-order valence-electron chi connectivity index (χ3n) is 9.73. The molecule has 0 radical (unpaired) electrons. The normalized spacial score (nSPS) is 19.2. The number of benzene rings is 2. The monoisotopic (exact) mass is 800 g/mol. The second kappa shape index (κ2) is 14.2. The Hall–Kier alpha value is -5.14. The summed E-state index contributed by atoms with van der Waals surface area (Å²) in [5.41, 5.74) is -4.06. The highest BCUT2D eigenvalue weighted by molar-refractivity contribution is 6.33. The van der Waals surface area contributed by atoms with Gasteiger partial charge >= 0.3 is 18.9 Å². The molecule has 2 aliphatic rings. The number of amides is 2. The number of hydrogen-bond donors (Lipinski definition) is 3. The topological polar surface area (TPSA) is 147 Å². The van der Waals surface area contributed by atoms with Gasteiger partial charge in [-0.3, -0.25) is 19.9 Å². The Bertz CT molecular complexity index is 2100. The van der Waals surface area contributed by atoms with Crippen LogP contribution in [-0.2, 0) is 15.1 Å². The number of alkyl halides is 8. The summed E-state index contributed by atoms with van der Waals surface area (Å²) in [4.78, 5) is 33.7. The lowest BCUT2D eigenvalue weighted by atomic mass is 9.74. The molecular formula is C34H33ClF8N10O2. The number of halogens is 9. The van der Waals surface area contributed by atoms with Gasteiger partial charge in [0.05, 0.1) is 28.7 Å². The molecule has 0 spiro atoms. The second-order valence-electron chi connectivity index (χ2n) is 14.0. The van der Waals surface area contributed by atoms with Gasteiger partial charge in [-0.1, -0.05) is 55.8 Å². The standard InChI is InChI=1S/C34H33ClF8N10O2/c1-17(33(38,39)40)27(54)45-14-25(19-6-11-23(35)22(12-19)26-46-16-48-52(26)29(36)37)51-28(55)32(49-30(51)44,15-31(2,3)34(41,42)43)20-7-4-18(5-8-20)24-13-47-53(50-24)21-9-10-21/h4-8,11-13,16-17,21,25,29H,9-10,14-15H2,1-3H3,(H2,44,49)(H,45,54)/t17-,25+,32+/m0/s1. The summed E-state index contributed by atoms with van der Waals surface area (Å²) in [5, 5.41) is 25.8. The van der Waals surface area contributed by atoms with Crippen LogP contribution in [-0.4, -0.2) is 71.3 Å². The van der Waals surface area contributed by atoms with E-state index in [1.54, 1.807) is 4.80 Å². The van der Waals surface area contributed by atoms with E-state index in [1.165, 1.54) is 48.7 Å². The van der Waals surface area contributed by atoms with Crippen molar-refractivity contribution in [1.29, 1.82) is 5.41 Å². The Balaban J connectivity index is 1.44. The number of nitrogens with zero attached hydrogens (tertiary/aromatic N) is 7. The van der Waals surface area contributed by atoms with Crippen molar-refractivity contribution in [1.82, 2.24) is 45.3 Å². The maximum Gasteiger partial charge on any atom is 0.400 e. The molecule has 2 aromatic heterocycles. The Morgan fingerprint density at radius 3 is 2.35 bits per heavy atom. The van der Waals surface area contributed by atoms with Crippen LogP contribution < -0.4 is 10.6 Å². The van der Waals surface area contributed by atoms with Gasteiger partial charge in [0.25, 0.3) is 5.91 Å². The zero-order valence-corrected chi connectivity index (χ0v) is 29.9. The molecule has 2 fully saturated rings. The fourth-order valence-corrected chi connectivity index (χ4v) is 6.48. The third kappa shape index (κ3) is 7.59. The maximum absolute atomic E-state index is 14.8. The predicted molar refractivity (Wildman–Crippen MR) is 180 cm³/mol. The number of nitrogens with one attached hydrogen (secondary N) is 3. The Labute approximate surface area is 312 Å². The molecule has 21 heteroatoms. The van der Waals surface area contributed by atoms with Crippen molar-refractivity contribution in [2.45, 2.75) is 76.6 Å². The van der Waals surface area contributed by atoms with Crippen molar-refractivity contribution in [2.24, 2.45) is 11.3 Å². The molecule has 2 amide bonds. The quantitative estimate of drug-likeness (QED) is 0.129. The molecule has 0 unspecified atom stereocenters. The van der Waals surface area contributed by atoms with Crippen LogP contribution >= 0.6 is 11.6 Å². The molecule has 294 valence electrons. The van der Waals surface area contributed by atoms with Crippen molar-refractivity contribution < 1.29 is 44.7 Å². The van der Waals surface area contributed by atoms with Crippen molar-refractivity contribution in [3.05, 3.63) is 71.1 Å². The first kappa shape index (κ1) is 39.6. The van der Waals surface area contributed by atoms with Crippen LogP contribution in [0.1, 0.15) is 69.8 Å². The van der Waals surface area contributed by atoms with Crippen LogP contribution in [0.4, 0.5) is 35.1 Å². The smallest absolute Gasteiger partial charge is 0.353 e. The van der Waals surface area contributed by atoms with Gasteiger partial charge in [0, 0.05) is 17.7 Å². The van der Waals surface area contributed by atoms with E-state index in [1.807, 2.05) is 0 Å². The number of aromatic nitrogens is 6. The number of carbonyl (C=O) groups is 2. The SMILES string of the molecule is C[C@@H](C(=O)NC[C@H](c1ccc(Cl)c(-c2ncnn2C(F)F)c1)N1C(=N)N[C@](CC(C)(C)C(F)(F)F)(c2ccc(-c3cnn(C4CC4)n3)cc2)C1=O)C(F)(F)F. The molecule has 55 heavy (non-hydrogen) atoms. The molecule has 1 saturated heterocycles. The van der Waals surface area contributed by atoms with Crippen molar-refractivity contribution in [3.8, 4) is 22.6 Å². The summed E-state index contributed by atoms with van der Waals surface area (Å²) in [5.74, 6) is -6.32. The number of hydrogen-bond acceptors (Lipinski definition) is 7. The summed E-state index contributed by atoms with van der Waals surface area (Å²) in [6.45, 7) is -1.62. The van der Waals surface area contributed by atoms with Crippen LogP contribution in [0.25, 0.3) is 22.6 Å². The van der Waals surface area contributed by atoms with Gasteiger partial charge in [0.15, 0.2) is 11.8 Å². The molecule has 3 atom stereocenters. The van der Waals surface area contributed by atoms with E-state index < -0.39 is 78.4 Å². The first-order valence-electron chi connectivity index (χ1n) is 16.8. The van der Waals surface area contributed by atoms with Gasteiger partial charge in [0.1, 0.15) is 23.5 Å². The molecule has 1 aliphatic heterocycles. The highest BCUT2D eigenvalue weighted by Gasteiger charge is 2.60. The zero-order valence-electron chi connectivity index (χ0n) is 29.2. The first-order chi connectivity index (χ1) is 25.6. The lowest BCUT2D eigenvalue weighted by molar-refractivity contribution is -0.218. The minimum Gasteiger partial charge on any atom is -0.353 e. The molecule has 12 nitrogen and oxygen atoms in total. The van der Waals surface area contributed by atoms with E-state index in [-0.39, 0.29) is 32.4 Å². The van der Waals surface area contributed by atoms with E-state index in [0.717, 1.165) is 33.0 Å². The fourth-order valence-electron chi connectivity index (χ4n) is 6.28. The molecule has 1 aliphatic carbocycles. The number of rotatable bonds is 12. The second-order valence-corrected chi connectivity index (χ2v) is 14.4. The van der Waals surface area contributed by atoms with Gasteiger partial charge in [-0.05, 0) is 49.4 Å². The average molecular weight is 801 g/mol. The molecular weight excluding hydrogens is 768 g/mol. The molecule has 3 heterocycles. The summed E-state index contributed by atoms with van der Waals surface area (Å²) < 4.78 is 112. The van der Waals surface area contributed by atoms with Crippen LogP contribution in [0.5, 0.6) is 0 Å². The van der Waals surface area contributed by atoms with Crippen molar-refractivity contribution >= 4 is 29.4 Å². The lowest BCUT2D eigenvalue weighted by Gasteiger charge is -2.37. The van der Waals surface area contributed by atoms with Crippen LogP contribution in [0.2, 0.25) is 5.02 Å². The summed E-state index contributed by atoms with van der Waals surface area (Å²) in [6.07, 6.45) is -6.59. The fraction of sp³-hybridized carbons (Fsp3) is 0.441. The van der Waals surface area contributed by atoms with Gasteiger partial charge in [-0.15, -0.1) is 0 Å². The van der Waals surface area contributed by atoms with Crippen LogP contribution in [0.15, 0.2) is 55.0 Å². The highest BCUT2D eigenvalue weighted by atomic mass is 35.5. The first-order valence-corrected chi connectivity index (χ1v) is 17.1. The van der Waals surface area contributed by atoms with E-state index in [4.69, 9.17) is 17.0 Å². The van der Waals surface area contributed by atoms with E-state index in [9.17, 15) is 44.7 Å². The maximum atomic E-state index is 14.8. The third-order valence-corrected chi connectivity index (χ3v) is 10.1. The highest BCUT2D eigenvalue weighted by Crippen LogP contribution is 2.49. The van der Waals surface area contributed by atoms with Gasteiger partial charge < -0.3 is 10.6 Å². The molecule has 6 rings (SSSR count). The molecule has 2 aromatic carbocycles. The van der Waals surface area contributed by atoms with Crippen molar-refractivity contribution in [2.75, 3.05) is 6.54 Å². The zero-order chi connectivity index (χ0) is 40.2. The molecule has 4 aromatic rings. The largest absolute Gasteiger partial charge is 0.400 e.